The number of hydrogen-bond donors (Lipinski definition) is 0. The predicted molar refractivity (Wildman–Crippen MR) is 81.4 cm³/mol. The monoisotopic (exact) mass is 280 g/mol. The van der Waals surface area contributed by atoms with Crippen molar-refractivity contribution in [3.63, 3.8) is 0 Å². The van der Waals surface area contributed by atoms with Crippen LogP contribution in [-0.4, -0.2) is 11.8 Å². The lowest BCUT2D eigenvalue weighted by Gasteiger charge is -2.27. The Kier molecular flexibility index (Phi) is 12.1. The quantitative estimate of drug-likeness (QED) is 0.287. The maximum atomic E-state index is 6.04. The molecule has 0 aliphatic rings. The molecule has 0 nitrogen and oxygen atoms in total. The standard InChI is InChI=1S/C15H30Cl2/c1-3-5-6-7-8-9-10-11-12-15(4-2,13-16)14-17/h3-14H2,1-2H3. The summed E-state index contributed by atoms with van der Waals surface area (Å²) in [4.78, 5) is 0. The molecule has 0 saturated carbocycles. The van der Waals surface area contributed by atoms with Crippen molar-refractivity contribution in [2.75, 3.05) is 11.8 Å². The van der Waals surface area contributed by atoms with Crippen LogP contribution in [0.4, 0.5) is 0 Å². The maximum absolute atomic E-state index is 6.04. The van der Waals surface area contributed by atoms with Crippen LogP contribution in [0.15, 0.2) is 0 Å². The van der Waals surface area contributed by atoms with Gasteiger partial charge in [0.05, 0.1) is 0 Å². The van der Waals surface area contributed by atoms with Crippen LogP contribution in [0.1, 0.15) is 78.1 Å². The predicted octanol–water partition coefficient (Wildman–Crippen LogP) is 6.39. The van der Waals surface area contributed by atoms with E-state index in [9.17, 15) is 0 Å². The summed E-state index contributed by atoms with van der Waals surface area (Å²) < 4.78 is 0. The van der Waals surface area contributed by atoms with Crippen LogP contribution in [-0.2, 0) is 0 Å². The van der Waals surface area contributed by atoms with Gasteiger partial charge in [-0.25, -0.2) is 0 Å². The molecule has 0 aliphatic carbocycles. The molecule has 0 unspecified atom stereocenters. The highest BCUT2D eigenvalue weighted by Crippen LogP contribution is 2.32. The smallest absolute Gasteiger partial charge is 0.0291 e. The largest absolute Gasteiger partial charge is 0.126 e. The molecule has 0 radical (unpaired) electrons. The van der Waals surface area contributed by atoms with E-state index in [1.807, 2.05) is 0 Å². The second-order valence-corrected chi connectivity index (χ2v) is 5.88. The van der Waals surface area contributed by atoms with Gasteiger partial charge >= 0.3 is 0 Å². The molecule has 17 heavy (non-hydrogen) atoms. The summed E-state index contributed by atoms with van der Waals surface area (Å²) in [5.41, 5.74) is 0.200. The lowest BCUT2D eigenvalue weighted by molar-refractivity contribution is 0.318. The van der Waals surface area contributed by atoms with E-state index < -0.39 is 0 Å². The van der Waals surface area contributed by atoms with Crippen LogP contribution >= 0.6 is 23.2 Å². The van der Waals surface area contributed by atoms with Crippen molar-refractivity contribution < 1.29 is 0 Å². The van der Waals surface area contributed by atoms with E-state index in [1.54, 1.807) is 0 Å². The molecule has 0 aliphatic heterocycles. The van der Waals surface area contributed by atoms with E-state index in [4.69, 9.17) is 23.2 Å². The molecule has 0 amide bonds. The highest BCUT2D eigenvalue weighted by molar-refractivity contribution is 6.21. The van der Waals surface area contributed by atoms with E-state index in [2.05, 4.69) is 13.8 Å². The molecular weight excluding hydrogens is 251 g/mol. The van der Waals surface area contributed by atoms with Crippen LogP contribution in [0.5, 0.6) is 0 Å². The van der Waals surface area contributed by atoms with E-state index in [0.29, 0.717) is 11.8 Å². The minimum atomic E-state index is 0.200. The molecule has 0 bridgehead atoms. The zero-order valence-electron chi connectivity index (χ0n) is 11.7. The average Bonchev–Trinajstić information content (AvgIpc) is 2.38. The number of rotatable bonds is 12. The fourth-order valence-corrected chi connectivity index (χ4v) is 3.10. The van der Waals surface area contributed by atoms with Crippen molar-refractivity contribution >= 4 is 23.2 Å². The van der Waals surface area contributed by atoms with Crippen molar-refractivity contribution in [1.82, 2.24) is 0 Å². The number of alkyl halides is 2. The molecule has 0 fully saturated rings. The maximum Gasteiger partial charge on any atom is 0.0291 e. The van der Waals surface area contributed by atoms with Gasteiger partial charge in [-0.3, -0.25) is 0 Å². The Hall–Kier alpha value is 0.580. The first-order chi connectivity index (χ1) is 8.24. The molecule has 0 saturated heterocycles. The van der Waals surface area contributed by atoms with Gasteiger partial charge in [0.15, 0.2) is 0 Å². The SMILES string of the molecule is CCCCCCCCCCC(CC)(CCl)CCl. The van der Waals surface area contributed by atoms with Crippen molar-refractivity contribution in [3.8, 4) is 0 Å². The van der Waals surface area contributed by atoms with Gasteiger partial charge < -0.3 is 0 Å². The Morgan fingerprint density at radius 1 is 0.706 bits per heavy atom. The van der Waals surface area contributed by atoms with Crippen molar-refractivity contribution in [2.45, 2.75) is 78.1 Å². The van der Waals surface area contributed by atoms with Gasteiger partial charge in [-0.05, 0) is 18.3 Å². The third kappa shape index (κ3) is 8.32. The van der Waals surface area contributed by atoms with E-state index in [-0.39, 0.29) is 5.41 Å². The molecule has 104 valence electrons. The Morgan fingerprint density at radius 2 is 1.18 bits per heavy atom. The summed E-state index contributed by atoms with van der Waals surface area (Å²) in [5, 5.41) is 0. The van der Waals surface area contributed by atoms with Gasteiger partial charge in [0.25, 0.3) is 0 Å². The highest BCUT2D eigenvalue weighted by atomic mass is 35.5. The molecule has 2 heteroatoms. The molecular formula is C15H30Cl2. The fourth-order valence-electron chi connectivity index (χ4n) is 2.17. The number of halogens is 2. The highest BCUT2D eigenvalue weighted by Gasteiger charge is 2.25. The first-order valence-electron chi connectivity index (χ1n) is 7.36. The lowest BCUT2D eigenvalue weighted by atomic mass is 9.84. The van der Waals surface area contributed by atoms with Gasteiger partial charge in [0.2, 0.25) is 0 Å². The first kappa shape index (κ1) is 17.6. The molecule has 0 aromatic carbocycles. The summed E-state index contributed by atoms with van der Waals surface area (Å²) in [6.45, 7) is 4.47. The van der Waals surface area contributed by atoms with Crippen molar-refractivity contribution in [2.24, 2.45) is 5.41 Å². The second kappa shape index (κ2) is 11.7. The van der Waals surface area contributed by atoms with Crippen LogP contribution in [0, 0.1) is 5.41 Å². The van der Waals surface area contributed by atoms with Crippen LogP contribution in [0.25, 0.3) is 0 Å². The molecule has 0 rings (SSSR count). The Bertz CT molecular complexity index is 145. The first-order valence-corrected chi connectivity index (χ1v) is 8.43. The summed E-state index contributed by atoms with van der Waals surface area (Å²) in [5.74, 6) is 1.42. The average molecular weight is 281 g/mol. The summed E-state index contributed by atoms with van der Waals surface area (Å²) in [7, 11) is 0. The second-order valence-electron chi connectivity index (χ2n) is 5.35. The zero-order valence-corrected chi connectivity index (χ0v) is 13.3. The minimum absolute atomic E-state index is 0.200. The van der Waals surface area contributed by atoms with Crippen molar-refractivity contribution in [3.05, 3.63) is 0 Å². The van der Waals surface area contributed by atoms with Gasteiger partial charge in [-0.15, -0.1) is 23.2 Å². The summed E-state index contributed by atoms with van der Waals surface area (Å²) in [6.07, 6.45) is 13.3. The van der Waals surface area contributed by atoms with Gasteiger partial charge in [-0.1, -0.05) is 65.2 Å². The normalized spacial score (nSPS) is 12.0. The number of unbranched alkanes of at least 4 members (excludes halogenated alkanes) is 7. The number of hydrogen-bond acceptors (Lipinski definition) is 0. The summed E-state index contributed by atoms with van der Waals surface area (Å²) >= 11 is 12.1. The third-order valence-electron chi connectivity index (χ3n) is 3.88. The Labute approximate surface area is 118 Å². The molecule has 0 N–H and O–H groups in total. The van der Waals surface area contributed by atoms with Crippen molar-refractivity contribution in [1.29, 1.82) is 0 Å². The van der Waals surface area contributed by atoms with Crippen LogP contribution in [0.3, 0.4) is 0 Å². The van der Waals surface area contributed by atoms with Crippen LogP contribution in [0.2, 0.25) is 0 Å². The Morgan fingerprint density at radius 3 is 1.59 bits per heavy atom. The Balaban J connectivity index is 3.43. The van der Waals surface area contributed by atoms with E-state index >= 15 is 0 Å². The zero-order chi connectivity index (χ0) is 13.0. The third-order valence-corrected chi connectivity index (χ3v) is 5.01. The van der Waals surface area contributed by atoms with E-state index in [1.165, 1.54) is 57.8 Å². The molecule has 0 heterocycles. The minimum Gasteiger partial charge on any atom is -0.126 e. The fraction of sp³-hybridized carbons (Fsp3) is 1.00. The summed E-state index contributed by atoms with van der Waals surface area (Å²) in [6, 6.07) is 0. The van der Waals surface area contributed by atoms with Gasteiger partial charge in [0, 0.05) is 11.8 Å². The topological polar surface area (TPSA) is 0 Å². The van der Waals surface area contributed by atoms with Crippen LogP contribution < -0.4 is 0 Å². The van der Waals surface area contributed by atoms with Gasteiger partial charge in [-0.2, -0.15) is 0 Å². The molecule has 0 atom stereocenters. The van der Waals surface area contributed by atoms with E-state index in [0.717, 1.165) is 6.42 Å². The lowest BCUT2D eigenvalue weighted by Crippen LogP contribution is -2.24. The molecule has 0 aromatic rings. The van der Waals surface area contributed by atoms with Gasteiger partial charge in [0.1, 0.15) is 0 Å². The molecule has 0 aromatic heterocycles. The molecule has 0 spiro atoms.